The Morgan fingerprint density at radius 1 is 1.05 bits per heavy atom. The summed E-state index contributed by atoms with van der Waals surface area (Å²) < 4.78 is 9.22. The topological polar surface area (TPSA) is 103 Å². The smallest absolute Gasteiger partial charge is 0.338 e. The van der Waals surface area contributed by atoms with Gasteiger partial charge < -0.3 is 14.4 Å². The highest BCUT2D eigenvalue weighted by Gasteiger charge is 2.33. The first kappa shape index (κ1) is 28.0. The van der Waals surface area contributed by atoms with Gasteiger partial charge in [0.2, 0.25) is 0 Å². The molecule has 210 valence electrons. The second-order valence-electron chi connectivity index (χ2n) is 10.4. The number of benzene rings is 2. The Bertz CT molecular complexity index is 1890. The van der Waals surface area contributed by atoms with Crippen LogP contribution in [0.5, 0.6) is 0 Å². The van der Waals surface area contributed by atoms with Crippen LogP contribution in [-0.4, -0.2) is 33.3 Å². The number of carbonyl (C=O) groups excluding carboxylic acids is 1. The molecule has 41 heavy (non-hydrogen) atoms. The van der Waals surface area contributed by atoms with Gasteiger partial charge in [0.05, 0.1) is 34.5 Å². The van der Waals surface area contributed by atoms with Gasteiger partial charge in [0.15, 0.2) is 4.80 Å². The van der Waals surface area contributed by atoms with E-state index in [2.05, 4.69) is 18.8 Å². The Morgan fingerprint density at radius 3 is 2.29 bits per heavy atom. The fourth-order valence-electron chi connectivity index (χ4n) is 5.30. The van der Waals surface area contributed by atoms with Crippen LogP contribution in [0.25, 0.3) is 11.8 Å². The number of carboxylic acids is 1. The summed E-state index contributed by atoms with van der Waals surface area (Å²) in [5, 5.41) is 9.24. The number of aromatic nitrogens is 2. The van der Waals surface area contributed by atoms with Crippen LogP contribution in [0.15, 0.2) is 75.7 Å². The minimum Gasteiger partial charge on any atom is -0.478 e. The van der Waals surface area contributed by atoms with Gasteiger partial charge in [-0.1, -0.05) is 49.4 Å². The Kier molecular flexibility index (Phi) is 7.40. The van der Waals surface area contributed by atoms with Crippen molar-refractivity contribution >= 4 is 29.4 Å². The highest BCUT2D eigenvalue weighted by Crippen LogP contribution is 2.31. The summed E-state index contributed by atoms with van der Waals surface area (Å²) >= 11 is 1.28. The molecule has 2 aromatic carbocycles. The number of nitrogens with zero attached hydrogens (tertiary/aromatic N) is 3. The van der Waals surface area contributed by atoms with E-state index in [1.807, 2.05) is 54.8 Å². The molecule has 1 aliphatic rings. The van der Waals surface area contributed by atoms with Crippen LogP contribution in [0.1, 0.15) is 71.2 Å². The van der Waals surface area contributed by atoms with Crippen molar-refractivity contribution in [2.75, 3.05) is 7.11 Å². The summed E-state index contributed by atoms with van der Waals surface area (Å²) in [5.74, 6) is -1.15. The van der Waals surface area contributed by atoms with E-state index in [9.17, 15) is 19.5 Å². The number of thiazole rings is 1. The summed E-state index contributed by atoms with van der Waals surface area (Å²) in [4.78, 5) is 43.3. The number of carboxylic acid groups (broad SMARTS) is 1. The van der Waals surface area contributed by atoms with Crippen molar-refractivity contribution in [1.29, 1.82) is 0 Å². The molecule has 0 saturated heterocycles. The highest BCUT2D eigenvalue weighted by atomic mass is 32.1. The van der Waals surface area contributed by atoms with Crippen LogP contribution in [-0.2, 0) is 9.53 Å². The lowest BCUT2D eigenvalue weighted by Crippen LogP contribution is -2.39. The third-order valence-corrected chi connectivity index (χ3v) is 8.46. The van der Waals surface area contributed by atoms with E-state index in [0.29, 0.717) is 26.5 Å². The second kappa shape index (κ2) is 10.8. The lowest BCUT2D eigenvalue weighted by molar-refractivity contribution is -0.136. The Morgan fingerprint density at radius 2 is 1.71 bits per heavy atom. The third-order valence-electron chi connectivity index (χ3n) is 7.48. The molecule has 4 aromatic rings. The third kappa shape index (κ3) is 4.97. The van der Waals surface area contributed by atoms with Gasteiger partial charge in [0.1, 0.15) is 0 Å². The van der Waals surface area contributed by atoms with Crippen LogP contribution < -0.4 is 14.9 Å². The minimum absolute atomic E-state index is 0.215. The summed E-state index contributed by atoms with van der Waals surface area (Å²) in [6, 6.07) is 16.0. The monoisotopic (exact) mass is 569 g/mol. The van der Waals surface area contributed by atoms with Crippen molar-refractivity contribution in [2.24, 2.45) is 4.99 Å². The minimum atomic E-state index is -0.978. The van der Waals surface area contributed by atoms with Gasteiger partial charge in [-0.3, -0.25) is 9.36 Å². The number of allylic oxidation sites excluding steroid dienone is 1. The quantitative estimate of drug-likeness (QED) is 0.341. The van der Waals surface area contributed by atoms with E-state index in [1.54, 1.807) is 35.8 Å². The molecule has 0 saturated carbocycles. The van der Waals surface area contributed by atoms with Crippen LogP contribution in [0.3, 0.4) is 0 Å². The Hall–Kier alpha value is -4.50. The molecular weight excluding hydrogens is 538 g/mol. The maximum atomic E-state index is 14.0. The Labute approximate surface area is 241 Å². The van der Waals surface area contributed by atoms with Crippen molar-refractivity contribution in [3.63, 3.8) is 0 Å². The molecule has 0 unspecified atom stereocenters. The first-order chi connectivity index (χ1) is 19.5. The molecule has 2 aromatic heterocycles. The predicted octanol–water partition coefficient (Wildman–Crippen LogP) is 4.64. The van der Waals surface area contributed by atoms with Gasteiger partial charge in [0.25, 0.3) is 5.56 Å². The van der Waals surface area contributed by atoms with Gasteiger partial charge >= 0.3 is 11.9 Å². The number of aromatic carboxylic acids is 1. The molecule has 8 nitrogen and oxygen atoms in total. The molecule has 0 fully saturated rings. The first-order valence-electron chi connectivity index (χ1n) is 13.2. The number of rotatable bonds is 6. The van der Waals surface area contributed by atoms with E-state index in [-0.39, 0.29) is 11.1 Å². The maximum Gasteiger partial charge on any atom is 0.338 e. The zero-order valence-corrected chi connectivity index (χ0v) is 24.6. The van der Waals surface area contributed by atoms with Crippen LogP contribution in [0.4, 0.5) is 0 Å². The Balaban J connectivity index is 1.65. The zero-order chi connectivity index (χ0) is 29.6. The second-order valence-corrected chi connectivity index (χ2v) is 11.4. The van der Waals surface area contributed by atoms with E-state index in [1.165, 1.54) is 18.4 Å². The number of fused-ring (bicyclic) bond motifs is 1. The van der Waals surface area contributed by atoms with Gasteiger partial charge in [-0.25, -0.2) is 14.6 Å². The molecule has 1 N–H and O–H groups in total. The molecule has 9 heteroatoms. The van der Waals surface area contributed by atoms with Crippen LogP contribution >= 0.6 is 11.3 Å². The molecule has 0 spiro atoms. The van der Waals surface area contributed by atoms with Gasteiger partial charge in [-0.15, -0.1) is 0 Å². The molecule has 5 rings (SSSR count). The number of carbonyl (C=O) groups is 2. The molecule has 0 aliphatic carbocycles. The molecule has 3 heterocycles. The molecule has 0 radical (unpaired) electrons. The molecule has 1 atom stereocenters. The fourth-order valence-corrected chi connectivity index (χ4v) is 6.33. The average molecular weight is 570 g/mol. The van der Waals surface area contributed by atoms with E-state index in [0.717, 1.165) is 33.8 Å². The summed E-state index contributed by atoms with van der Waals surface area (Å²) in [5.41, 5.74) is 6.33. The molecular formula is C32H31N3O5S. The molecule has 0 bridgehead atoms. The number of ether oxygens (including phenoxy) is 1. The average Bonchev–Trinajstić information content (AvgIpc) is 3.41. The van der Waals surface area contributed by atoms with Gasteiger partial charge in [-0.05, 0) is 79.8 Å². The van der Waals surface area contributed by atoms with Crippen LogP contribution in [0.2, 0.25) is 0 Å². The lowest BCUT2D eigenvalue weighted by atomic mass is 9.93. The van der Waals surface area contributed by atoms with Crippen molar-refractivity contribution < 1.29 is 19.4 Å². The SMILES string of the molecule is COC(=O)C1=C(C)N=c2s/c(=C\c3cc(C)n(-c4ccc(C(=O)O)cc4)c3C)c(=O)n2[C@@H]1c1ccc(C(C)C)cc1. The van der Waals surface area contributed by atoms with Crippen molar-refractivity contribution in [3.8, 4) is 5.69 Å². The van der Waals surface area contributed by atoms with E-state index < -0.39 is 18.0 Å². The van der Waals surface area contributed by atoms with Crippen molar-refractivity contribution in [1.82, 2.24) is 9.13 Å². The number of hydrogen-bond acceptors (Lipinski definition) is 6. The zero-order valence-electron chi connectivity index (χ0n) is 23.8. The summed E-state index contributed by atoms with van der Waals surface area (Å²) in [7, 11) is 1.33. The van der Waals surface area contributed by atoms with Gasteiger partial charge in [-0.2, -0.15) is 0 Å². The van der Waals surface area contributed by atoms with Crippen molar-refractivity contribution in [2.45, 2.75) is 46.6 Å². The first-order valence-corrected chi connectivity index (χ1v) is 14.1. The fraction of sp³-hybridized carbons (Fsp3) is 0.250. The normalized spacial score (nSPS) is 15.2. The number of esters is 1. The largest absolute Gasteiger partial charge is 0.478 e. The highest BCUT2D eigenvalue weighted by molar-refractivity contribution is 7.07. The lowest BCUT2D eigenvalue weighted by Gasteiger charge is -2.24. The molecule has 0 amide bonds. The van der Waals surface area contributed by atoms with Crippen molar-refractivity contribution in [3.05, 3.63) is 119 Å². The van der Waals surface area contributed by atoms with Gasteiger partial charge in [0, 0.05) is 17.1 Å². The van der Waals surface area contributed by atoms with Crippen LogP contribution in [0, 0.1) is 13.8 Å². The maximum absolute atomic E-state index is 14.0. The summed E-state index contributed by atoms with van der Waals surface area (Å²) in [6.07, 6.45) is 1.85. The number of hydrogen-bond donors (Lipinski definition) is 1. The van der Waals surface area contributed by atoms with E-state index in [4.69, 9.17) is 4.74 Å². The standard InChI is InChI=1S/C32H31N3O5S/c1-17(2)21-7-9-22(10-8-21)28-27(31(39)40-6)19(4)33-32-35(28)29(36)26(41-32)16-24-15-18(3)34(20(24)5)25-13-11-23(12-14-25)30(37)38/h7-17,28H,1-6H3,(H,37,38)/b26-16-/t28-/m1/s1. The number of aryl methyl sites for hydroxylation is 1. The number of methoxy groups -OCH3 is 1. The van der Waals surface area contributed by atoms with E-state index >= 15 is 0 Å². The predicted molar refractivity (Wildman–Crippen MR) is 159 cm³/mol. The molecule has 1 aliphatic heterocycles. The summed E-state index contributed by atoms with van der Waals surface area (Å²) in [6.45, 7) is 9.92.